The topological polar surface area (TPSA) is 55.8 Å². The van der Waals surface area contributed by atoms with Crippen LogP contribution in [0.4, 0.5) is 0 Å². The van der Waals surface area contributed by atoms with Crippen LogP contribution in [0.1, 0.15) is 6.42 Å². The van der Waals surface area contributed by atoms with Crippen molar-refractivity contribution in [1.82, 2.24) is 0 Å². The Morgan fingerprint density at radius 1 is 0.952 bits per heavy atom. The van der Waals surface area contributed by atoms with E-state index in [2.05, 4.69) is 0 Å². The highest BCUT2D eigenvalue weighted by atomic mass is 16.7. The summed E-state index contributed by atoms with van der Waals surface area (Å²) in [6, 6.07) is 18.6. The van der Waals surface area contributed by atoms with Crippen LogP contribution in [0.3, 0.4) is 0 Å². The molecule has 0 aliphatic heterocycles. The van der Waals surface area contributed by atoms with Gasteiger partial charge in [-0.15, -0.1) is 0 Å². The van der Waals surface area contributed by atoms with Crippen molar-refractivity contribution in [2.45, 2.75) is 12.7 Å². The van der Waals surface area contributed by atoms with Gasteiger partial charge >= 0.3 is 5.97 Å². The van der Waals surface area contributed by atoms with E-state index in [0.717, 1.165) is 0 Å². The van der Waals surface area contributed by atoms with E-state index in [0.29, 0.717) is 17.9 Å². The molecule has 2 aromatic carbocycles. The zero-order valence-corrected chi connectivity index (χ0v) is 11.4. The molecule has 0 radical (unpaired) electrons. The summed E-state index contributed by atoms with van der Waals surface area (Å²) in [4.78, 5) is 11.1. The zero-order valence-electron chi connectivity index (χ0n) is 11.4. The molecule has 108 valence electrons. The second-order valence-electron chi connectivity index (χ2n) is 5.07. The normalized spacial score (nSPS) is 20.0. The number of para-hydroxylation sites is 2. The van der Waals surface area contributed by atoms with Crippen LogP contribution in [0, 0.1) is 11.8 Å². The van der Waals surface area contributed by atoms with Crippen LogP contribution >= 0.6 is 0 Å². The molecule has 2 atom stereocenters. The molecule has 4 nitrogen and oxygen atoms in total. The summed E-state index contributed by atoms with van der Waals surface area (Å²) in [5, 5.41) is 9.09. The lowest BCUT2D eigenvalue weighted by molar-refractivity contribution is -0.140. The van der Waals surface area contributed by atoms with Crippen LogP contribution in [-0.4, -0.2) is 17.4 Å². The maximum atomic E-state index is 11.1. The number of carboxylic acid groups (broad SMARTS) is 1. The molecule has 3 rings (SSSR count). The van der Waals surface area contributed by atoms with E-state index in [1.165, 1.54) is 0 Å². The minimum absolute atomic E-state index is 0.122. The minimum Gasteiger partial charge on any atom is -0.481 e. The molecule has 1 aliphatic rings. The van der Waals surface area contributed by atoms with Gasteiger partial charge in [0.05, 0.1) is 5.92 Å². The lowest BCUT2D eigenvalue weighted by atomic mass is 10.3. The molecule has 1 N–H and O–H groups in total. The summed E-state index contributed by atoms with van der Waals surface area (Å²) in [5.74, 6) is 0.0487. The van der Waals surface area contributed by atoms with Gasteiger partial charge in [-0.1, -0.05) is 36.4 Å². The monoisotopic (exact) mass is 284 g/mol. The Hall–Kier alpha value is -2.49. The van der Waals surface area contributed by atoms with Crippen LogP contribution in [0.5, 0.6) is 11.5 Å². The van der Waals surface area contributed by atoms with Crippen LogP contribution in [0.15, 0.2) is 60.7 Å². The van der Waals surface area contributed by atoms with Crippen molar-refractivity contribution < 1.29 is 19.4 Å². The Morgan fingerprint density at radius 3 is 1.81 bits per heavy atom. The molecule has 0 bridgehead atoms. The minimum atomic E-state index is -0.793. The smallest absolute Gasteiger partial charge is 0.307 e. The average molecular weight is 284 g/mol. The quantitative estimate of drug-likeness (QED) is 0.828. The van der Waals surface area contributed by atoms with Crippen LogP contribution < -0.4 is 9.47 Å². The molecule has 0 aromatic heterocycles. The molecule has 0 spiro atoms. The summed E-state index contributed by atoms with van der Waals surface area (Å²) >= 11 is 0. The first-order valence-corrected chi connectivity index (χ1v) is 6.90. The molecule has 2 unspecified atom stereocenters. The van der Waals surface area contributed by atoms with Crippen molar-refractivity contribution in [1.29, 1.82) is 0 Å². The Kier molecular flexibility index (Phi) is 3.77. The van der Waals surface area contributed by atoms with Gasteiger partial charge in [0.15, 0.2) is 0 Å². The van der Waals surface area contributed by atoms with Crippen LogP contribution in [0.25, 0.3) is 0 Å². The van der Waals surface area contributed by atoms with Gasteiger partial charge in [0, 0.05) is 5.92 Å². The van der Waals surface area contributed by atoms with Gasteiger partial charge in [-0.2, -0.15) is 0 Å². The fourth-order valence-corrected chi connectivity index (χ4v) is 2.26. The highest BCUT2D eigenvalue weighted by Gasteiger charge is 2.51. The van der Waals surface area contributed by atoms with Crippen molar-refractivity contribution in [2.75, 3.05) is 0 Å². The van der Waals surface area contributed by atoms with Gasteiger partial charge in [-0.05, 0) is 30.7 Å². The maximum Gasteiger partial charge on any atom is 0.307 e. The number of ether oxygens (including phenoxy) is 2. The number of rotatable bonds is 6. The summed E-state index contributed by atoms with van der Waals surface area (Å²) in [5.41, 5.74) is 0. The summed E-state index contributed by atoms with van der Waals surface area (Å²) in [7, 11) is 0. The second kappa shape index (κ2) is 5.87. The van der Waals surface area contributed by atoms with Gasteiger partial charge in [0.25, 0.3) is 0 Å². The molecule has 1 fully saturated rings. The van der Waals surface area contributed by atoms with Crippen molar-refractivity contribution in [3.63, 3.8) is 0 Å². The molecule has 1 saturated carbocycles. The van der Waals surface area contributed by atoms with Gasteiger partial charge in [0.1, 0.15) is 11.5 Å². The summed E-state index contributed by atoms with van der Waals surface area (Å²) in [6.45, 7) is 0. The third-order valence-corrected chi connectivity index (χ3v) is 3.50. The Morgan fingerprint density at radius 2 is 1.43 bits per heavy atom. The van der Waals surface area contributed by atoms with E-state index >= 15 is 0 Å². The Labute approximate surface area is 122 Å². The number of hydrogen-bond acceptors (Lipinski definition) is 3. The number of benzene rings is 2. The summed E-state index contributed by atoms with van der Waals surface area (Å²) < 4.78 is 11.7. The number of carboxylic acids is 1. The van der Waals surface area contributed by atoms with Gasteiger partial charge in [-0.25, -0.2) is 0 Å². The van der Waals surface area contributed by atoms with E-state index in [4.69, 9.17) is 14.6 Å². The molecule has 21 heavy (non-hydrogen) atoms. The second-order valence-corrected chi connectivity index (χ2v) is 5.07. The first-order valence-electron chi connectivity index (χ1n) is 6.90. The molecule has 2 aromatic rings. The first-order chi connectivity index (χ1) is 10.2. The van der Waals surface area contributed by atoms with Crippen LogP contribution in [-0.2, 0) is 4.79 Å². The predicted octanol–water partition coefficient (Wildman–Crippen LogP) is 3.19. The molecule has 0 saturated heterocycles. The fourth-order valence-electron chi connectivity index (χ4n) is 2.26. The standard InChI is InChI=1S/C17H16O4/c18-16(19)14-11-15(14)17(20-12-7-3-1-4-8-12)21-13-9-5-2-6-10-13/h1-10,14-15,17H,11H2,(H,18,19). The third kappa shape index (κ3) is 3.34. The molecule has 4 heteroatoms. The van der Waals surface area contributed by atoms with E-state index in [1.54, 1.807) is 0 Å². The van der Waals surface area contributed by atoms with Gasteiger partial charge in [-0.3, -0.25) is 4.79 Å². The SMILES string of the molecule is O=C(O)C1CC1C(Oc1ccccc1)Oc1ccccc1. The number of hydrogen-bond donors (Lipinski definition) is 1. The lowest BCUT2D eigenvalue weighted by Gasteiger charge is -2.20. The molecule has 0 heterocycles. The lowest BCUT2D eigenvalue weighted by Crippen LogP contribution is -2.28. The molecule has 0 amide bonds. The Bertz CT molecular complexity index is 555. The average Bonchev–Trinajstić information content (AvgIpc) is 3.29. The summed E-state index contributed by atoms with van der Waals surface area (Å²) in [6.07, 6.45) is -0.00413. The van der Waals surface area contributed by atoms with E-state index in [9.17, 15) is 4.79 Å². The largest absolute Gasteiger partial charge is 0.481 e. The highest BCUT2D eigenvalue weighted by molar-refractivity contribution is 5.73. The van der Waals surface area contributed by atoms with Gasteiger partial charge in [0.2, 0.25) is 6.29 Å². The first kappa shape index (κ1) is 13.5. The van der Waals surface area contributed by atoms with Crippen molar-refractivity contribution in [2.24, 2.45) is 11.8 Å². The van der Waals surface area contributed by atoms with Gasteiger partial charge < -0.3 is 14.6 Å². The molecule has 1 aliphatic carbocycles. The van der Waals surface area contributed by atoms with E-state index in [-0.39, 0.29) is 11.8 Å². The van der Waals surface area contributed by atoms with E-state index < -0.39 is 12.3 Å². The fraction of sp³-hybridized carbons (Fsp3) is 0.235. The zero-order chi connectivity index (χ0) is 14.7. The highest BCUT2D eigenvalue weighted by Crippen LogP contribution is 2.43. The predicted molar refractivity (Wildman–Crippen MR) is 77.2 cm³/mol. The van der Waals surface area contributed by atoms with Crippen molar-refractivity contribution in [3.8, 4) is 11.5 Å². The Balaban J connectivity index is 1.74. The molecular weight excluding hydrogens is 268 g/mol. The number of aliphatic carboxylic acids is 1. The maximum absolute atomic E-state index is 11.1. The van der Waals surface area contributed by atoms with Crippen LogP contribution in [0.2, 0.25) is 0 Å². The van der Waals surface area contributed by atoms with Crippen molar-refractivity contribution in [3.05, 3.63) is 60.7 Å². The van der Waals surface area contributed by atoms with Crippen molar-refractivity contribution >= 4 is 5.97 Å². The molecular formula is C17H16O4. The third-order valence-electron chi connectivity index (χ3n) is 3.50. The van der Waals surface area contributed by atoms with E-state index in [1.807, 2.05) is 60.7 Å². The number of carbonyl (C=O) groups is 1.